The maximum Gasteiger partial charge on any atom is 0.264 e. The van der Waals surface area contributed by atoms with Gasteiger partial charge in [0.25, 0.3) is 10.0 Å². The van der Waals surface area contributed by atoms with Crippen molar-refractivity contribution in [2.45, 2.75) is 51.1 Å². The summed E-state index contributed by atoms with van der Waals surface area (Å²) >= 11 is 12.8. The van der Waals surface area contributed by atoms with Gasteiger partial charge in [-0.2, -0.15) is 0 Å². The Morgan fingerprint density at radius 2 is 1.57 bits per heavy atom. The molecular weight excluding hydrogens is 604 g/mol. The van der Waals surface area contributed by atoms with E-state index in [1.165, 1.54) is 41.3 Å². The van der Waals surface area contributed by atoms with Gasteiger partial charge in [-0.15, -0.1) is 0 Å². The maximum atomic E-state index is 14.1. The molecule has 0 bridgehead atoms. The van der Waals surface area contributed by atoms with Crippen LogP contribution < -0.4 is 14.4 Å². The number of carbonyl (C=O) groups is 2. The Labute approximate surface area is 256 Å². The molecule has 226 valence electrons. The standard InChI is InChI=1S/C30H34Cl2FN3O5S/c1-4-18-34-30(38)28(5-2)35(19-25-26(31)8-7-9-27(25)32)29(37)20-36(22-12-10-21(33)11-13-22)42(39,40)24-16-14-23(15-17-24)41-6-3/h7-17,28H,4-6,18-20H2,1-3H3,(H,34,38)/t28-/m1/s1. The number of amides is 2. The molecule has 1 N–H and O–H groups in total. The van der Waals surface area contributed by atoms with E-state index in [1.807, 2.05) is 6.92 Å². The number of nitrogens with one attached hydrogen (secondary N) is 1. The Morgan fingerprint density at radius 1 is 0.952 bits per heavy atom. The molecular formula is C30H34Cl2FN3O5S. The number of benzene rings is 3. The van der Waals surface area contributed by atoms with E-state index >= 15 is 0 Å². The lowest BCUT2D eigenvalue weighted by molar-refractivity contribution is -0.140. The van der Waals surface area contributed by atoms with Crippen molar-refractivity contribution in [3.8, 4) is 5.75 Å². The SMILES string of the molecule is CCCNC(=O)[C@@H](CC)N(Cc1c(Cl)cccc1Cl)C(=O)CN(c1ccc(F)cc1)S(=O)(=O)c1ccc(OCC)cc1. The summed E-state index contributed by atoms with van der Waals surface area (Å²) in [6.07, 6.45) is 0.927. The summed E-state index contributed by atoms with van der Waals surface area (Å²) in [5.74, 6) is -1.16. The lowest BCUT2D eigenvalue weighted by Gasteiger charge is -2.33. The molecule has 8 nitrogen and oxygen atoms in total. The molecule has 0 fully saturated rings. The fraction of sp³-hybridized carbons (Fsp3) is 0.333. The first-order valence-electron chi connectivity index (χ1n) is 13.5. The van der Waals surface area contributed by atoms with Crippen LogP contribution in [-0.4, -0.2) is 50.9 Å². The number of ether oxygens (including phenoxy) is 1. The number of hydrogen-bond donors (Lipinski definition) is 1. The minimum Gasteiger partial charge on any atom is -0.494 e. The number of carbonyl (C=O) groups excluding carboxylic acids is 2. The first-order chi connectivity index (χ1) is 20.0. The van der Waals surface area contributed by atoms with Crippen LogP contribution in [0.2, 0.25) is 10.0 Å². The molecule has 2 amide bonds. The molecule has 12 heteroatoms. The highest BCUT2D eigenvalue weighted by molar-refractivity contribution is 7.92. The Balaban J connectivity index is 2.07. The van der Waals surface area contributed by atoms with Crippen LogP contribution in [0.15, 0.2) is 71.6 Å². The van der Waals surface area contributed by atoms with Crippen molar-refractivity contribution in [1.29, 1.82) is 0 Å². The molecule has 0 saturated heterocycles. The third-order valence-electron chi connectivity index (χ3n) is 6.44. The molecule has 0 aromatic heterocycles. The molecule has 3 aromatic rings. The molecule has 0 aliphatic carbocycles. The van der Waals surface area contributed by atoms with E-state index in [0.29, 0.717) is 40.9 Å². The monoisotopic (exact) mass is 637 g/mol. The maximum absolute atomic E-state index is 14.1. The first kappa shape index (κ1) is 33.2. The fourth-order valence-electron chi connectivity index (χ4n) is 4.28. The quantitative estimate of drug-likeness (QED) is 0.232. The highest BCUT2D eigenvalue weighted by Gasteiger charge is 2.34. The van der Waals surface area contributed by atoms with Crippen molar-refractivity contribution in [2.24, 2.45) is 0 Å². The number of nitrogens with zero attached hydrogens (tertiary/aromatic N) is 2. The first-order valence-corrected chi connectivity index (χ1v) is 15.7. The van der Waals surface area contributed by atoms with Crippen LogP contribution in [0.5, 0.6) is 5.75 Å². The predicted molar refractivity (Wildman–Crippen MR) is 163 cm³/mol. The number of rotatable bonds is 14. The summed E-state index contributed by atoms with van der Waals surface area (Å²) in [4.78, 5) is 28.4. The summed E-state index contributed by atoms with van der Waals surface area (Å²) in [6, 6.07) is 14.5. The second-order valence-electron chi connectivity index (χ2n) is 9.33. The lowest BCUT2D eigenvalue weighted by Crippen LogP contribution is -2.52. The van der Waals surface area contributed by atoms with E-state index in [-0.39, 0.29) is 23.5 Å². The van der Waals surface area contributed by atoms with Crippen LogP contribution in [0.25, 0.3) is 0 Å². The van der Waals surface area contributed by atoms with E-state index in [0.717, 1.165) is 16.4 Å². The van der Waals surface area contributed by atoms with Crippen LogP contribution >= 0.6 is 23.2 Å². The molecule has 0 heterocycles. The van der Waals surface area contributed by atoms with E-state index < -0.39 is 40.2 Å². The van der Waals surface area contributed by atoms with Crippen LogP contribution in [0.1, 0.15) is 39.2 Å². The summed E-state index contributed by atoms with van der Waals surface area (Å²) in [5, 5.41) is 3.40. The normalized spacial score (nSPS) is 12.0. The smallest absolute Gasteiger partial charge is 0.264 e. The Morgan fingerprint density at radius 3 is 2.12 bits per heavy atom. The topological polar surface area (TPSA) is 96.0 Å². The van der Waals surface area contributed by atoms with Crippen molar-refractivity contribution in [2.75, 3.05) is 24.0 Å². The molecule has 3 rings (SSSR count). The summed E-state index contributed by atoms with van der Waals surface area (Å²) in [7, 11) is -4.33. The van der Waals surface area contributed by atoms with Gasteiger partial charge in [-0.3, -0.25) is 13.9 Å². The van der Waals surface area contributed by atoms with E-state index in [2.05, 4.69) is 5.32 Å². The number of sulfonamides is 1. The Kier molecular flexibility index (Phi) is 12.0. The van der Waals surface area contributed by atoms with Crippen LogP contribution in [0.3, 0.4) is 0 Å². The molecule has 0 spiro atoms. The average molecular weight is 639 g/mol. The molecule has 1 atom stereocenters. The lowest BCUT2D eigenvalue weighted by atomic mass is 10.1. The van der Waals surface area contributed by atoms with Crippen molar-refractivity contribution in [3.63, 3.8) is 0 Å². The van der Waals surface area contributed by atoms with Crippen molar-refractivity contribution >= 4 is 50.7 Å². The van der Waals surface area contributed by atoms with Crippen molar-refractivity contribution in [3.05, 3.63) is 88.2 Å². The zero-order chi connectivity index (χ0) is 30.9. The zero-order valence-corrected chi connectivity index (χ0v) is 26.0. The van der Waals surface area contributed by atoms with E-state index in [9.17, 15) is 22.4 Å². The number of anilines is 1. The summed E-state index contributed by atoms with van der Waals surface area (Å²) in [5.41, 5.74) is 0.483. The van der Waals surface area contributed by atoms with Gasteiger partial charge >= 0.3 is 0 Å². The Bertz CT molecular complexity index is 1450. The molecule has 0 aliphatic heterocycles. The predicted octanol–water partition coefficient (Wildman–Crippen LogP) is 6.06. The highest BCUT2D eigenvalue weighted by atomic mass is 35.5. The summed E-state index contributed by atoms with van der Waals surface area (Å²) < 4.78 is 48.0. The second-order valence-corrected chi connectivity index (χ2v) is 12.0. The van der Waals surface area contributed by atoms with Crippen LogP contribution in [-0.2, 0) is 26.2 Å². The third-order valence-corrected chi connectivity index (χ3v) is 8.94. The average Bonchev–Trinajstić information content (AvgIpc) is 2.97. The minimum absolute atomic E-state index is 0.0674. The van der Waals surface area contributed by atoms with E-state index in [4.69, 9.17) is 27.9 Å². The molecule has 0 radical (unpaired) electrons. The molecule has 0 aliphatic rings. The third kappa shape index (κ3) is 8.14. The summed E-state index contributed by atoms with van der Waals surface area (Å²) in [6.45, 7) is 5.44. The number of hydrogen-bond acceptors (Lipinski definition) is 5. The van der Waals surface area contributed by atoms with Crippen molar-refractivity contribution < 1.29 is 27.1 Å². The van der Waals surface area contributed by atoms with Crippen LogP contribution in [0.4, 0.5) is 10.1 Å². The van der Waals surface area contributed by atoms with Gasteiger partial charge < -0.3 is 15.0 Å². The highest BCUT2D eigenvalue weighted by Crippen LogP contribution is 2.29. The molecule has 3 aromatic carbocycles. The van der Waals surface area contributed by atoms with Crippen molar-refractivity contribution in [1.82, 2.24) is 10.2 Å². The second kappa shape index (κ2) is 15.2. The molecule has 0 saturated carbocycles. The zero-order valence-electron chi connectivity index (χ0n) is 23.6. The van der Waals surface area contributed by atoms with Gasteiger partial charge in [-0.25, -0.2) is 12.8 Å². The van der Waals surface area contributed by atoms with Gasteiger partial charge in [0.05, 0.1) is 17.2 Å². The largest absolute Gasteiger partial charge is 0.494 e. The molecule has 0 unspecified atom stereocenters. The molecule has 42 heavy (non-hydrogen) atoms. The van der Waals surface area contributed by atoms with Gasteiger partial charge in [0.15, 0.2) is 0 Å². The fourth-order valence-corrected chi connectivity index (χ4v) is 6.21. The Hall–Kier alpha value is -3.34. The van der Waals surface area contributed by atoms with E-state index in [1.54, 1.807) is 32.0 Å². The number of halogens is 3. The van der Waals surface area contributed by atoms with Gasteiger partial charge in [-0.05, 0) is 80.4 Å². The van der Waals surface area contributed by atoms with Gasteiger partial charge in [0, 0.05) is 28.7 Å². The van der Waals surface area contributed by atoms with Gasteiger partial charge in [0.2, 0.25) is 11.8 Å². The van der Waals surface area contributed by atoms with Gasteiger partial charge in [-0.1, -0.05) is 43.1 Å². The van der Waals surface area contributed by atoms with Crippen LogP contribution in [0, 0.1) is 5.82 Å². The minimum atomic E-state index is -4.33. The van der Waals surface area contributed by atoms with Gasteiger partial charge in [0.1, 0.15) is 24.2 Å².